The first-order valence-corrected chi connectivity index (χ1v) is 4.17. The molecule has 0 atom stereocenters. The third kappa shape index (κ3) is 2.84. The highest BCUT2D eigenvalue weighted by Gasteiger charge is 2.19. The van der Waals surface area contributed by atoms with Crippen molar-refractivity contribution in [2.75, 3.05) is 0 Å². The van der Waals surface area contributed by atoms with Crippen molar-refractivity contribution in [1.29, 1.82) is 0 Å². The lowest BCUT2D eigenvalue weighted by molar-refractivity contribution is 0.582. The van der Waals surface area contributed by atoms with Crippen molar-refractivity contribution in [3.63, 3.8) is 0 Å². The molecule has 0 aliphatic heterocycles. The van der Waals surface area contributed by atoms with Crippen LogP contribution in [0.1, 0.15) is 27.2 Å². The lowest BCUT2D eigenvalue weighted by Crippen LogP contribution is -2.21. The van der Waals surface area contributed by atoms with Gasteiger partial charge in [-0.2, -0.15) is 0 Å². The van der Waals surface area contributed by atoms with Crippen molar-refractivity contribution in [2.45, 2.75) is 31.9 Å². The summed E-state index contributed by atoms with van der Waals surface area (Å²) in [7, 11) is -2.31. The van der Waals surface area contributed by atoms with Crippen molar-refractivity contribution < 1.29 is 8.42 Å². The molecule has 9 heavy (non-hydrogen) atoms. The van der Waals surface area contributed by atoms with Crippen molar-refractivity contribution in [2.24, 2.45) is 0 Å². The number of hydrogen-bond donors (Lipinski definition) is 1. The fraction of sp³-hybridized carbons (Fsp3) is 0.833. The van der Waals surface area contributed by atoms with E-state index in [9.17, 15) is 8.42 Å². The fourth-order valence-corrected chi connectivity index (χ4v) is 0.906. The Balaban J connectivity index is 4.02. The van der Waals surface area contributed by atoms with Gasteiger partial charge in [0.1, 0.15) is 10.7 Å². The third-order valence-corrected chi connectivity index (χ3v) is 2.30. The van der Waals surface area contributed by atoms with Gasteiger partial charge in [0.15, 0.2) is 0 Å². The maximum absolute atomic E-state index is 10.4. The predicted molar refractivity (Wildman–Crippen MR) is 39.0 cm³/mol. The summed E-state index contributed by atoms with van der Waals surface area (Å²) in [6.07, 6.45) is 2.59. The second-order valence-corrected chi connectivity index (χ2v) is 4.19. The van der Waals surface area contributed by atoms with E-state index in [1.165, 1.54) is 0 Å². The zero-order valence-corrected chi connectivity index (χ0v) is 6.94. The van der Waals surface area contributed by atoms with Crippen LogP contribution in [0.15, 0.2) is 0 Å². The Morgan fingerprint density at radius 3 is 2.00 bits per heavy atom. The van der Waals surface area contributed by atoms with Crippen LogP contribution in [0.3, 0.4) is 0 Å². The molecule has 0 saturated carbocycles. The smallest absolute Gasteiger partial charge is 0.145 e. The molecular weight excluding hydrogens is 136 g/mol. The number of thiol groups is 1. The van der Waals surface area contributed by atoms with Crippen LogP contribution in [0.2, 0.25) is 0 Å². The normalized spacial score (nSPS) is 12.4. The topological polar surface area (TPSA) is 34.1 Å². The monoisotopic (exact) mass is 149 g/mol. The highest BCUT2D eigenvalue weighted by Crippen LogP contribution is 2.13. The van der Waals surface area contributed by atoms with E-state index in [1.54, 1.807) is 20.3 Å². The summed E-state index contributed by atoms with van der Waals surface area (Å²) in [5.74, 6) is 0. The Labute approximate surface area is 58.2 Å². The minimum Gasteiger partial charge on any atom is -0.231 e. The molecule has 0 bridgehead atoms. The fourth-order valence-electron chi connectivity index (χ4n) is 0.574. The summed E-state index contributed by atoms with van der Waals surface area (Å²) in [6.45, 7) is 5.32. The van der Waals surface area contributed by atoms with Crippen LogP contribution in [0.4, 0.5) is 0 Å². The quantitative estimate of drug-likeness (QED) is 0.607. The van der Waals surface area contributed by atoms with Crippen LogP contribution < -0.4 is 0 Å². The van der Waals surface area contributed by atoms with E-state index in [2.05, 4.69) is 0 Å². The van der Waals surface area contributed by atoms with Crippen LogP contribution in [-0.4, -0.2) is 13.2 Å². The summed E-state index contributed by atoms with van der Waals surface area (Å²) in [4.78, 5) is 0. The Morgan fingerprint density at radius 2 is 1.89 bits per heavy atom. The summed E-state index contributed by atoms with van der Waals surface area (Å²) in [5, 5.41) is 0. The van der Waals surface area contributed by atoms with Crippen molar-refractivity contribution in [3.8, 4) is 0 Å². The zero-order valence-electron chi connectivity index (χ0n) is 6.05. The second-order valence-electron chi connectivity index (χ2n) is 2.52. The maximum atomic E-state index is 10.4. The lowest BCUT2D eigenvalue weighted by atomic mass is 10.1. The highest BCUT2D eigenvalue weighted by molar-refractivity contribution is 7.74. The van der Waals surface area contributed by atoms with Gasteiger partial charge in [-0.3, -0.25) is 0 Å². The molecule has 0 fully saturated rings. The molecule has 1 radical (unpaired) electrons. The molecule has 0 unspecified atom stereocenters. The summed E-state index contributed by atoms with van der Waals surface area (Å²) < 4.78 is 20.2. The molecule has 0 amide bonds. The average Bonchev–Trinajstić information content (AvgIpc) is 1.65. The Bertz CT molecular complexity index is 139. The Kier molecular flexibility index (Phi) is 3.18. The lowest BCUT2D eigenvalue weighted by Gasteiger charge is -2.13. The highest BCUT2D eigenvalue weighted by atomic mass is 32.2. The van der Waals surface area contributed by atoms with Crippen molar-refractivity contribution >= 4 is 10.7 Å². The van der Waals surface area contributed by atoms with Gasteiger partial charge in [-0.15, -0.1) is 0 Å². The van der Waals surface area contributed by atoms with Crippen LogP contribution in [-0.2, 0) is 10.7 Å². The van der Waals surface area contributed by atoms with E-state index in [-0.39, 0.29) is 0 Å². The van der Waals surface area contributed by atoms with E-state index >= 15 is 0 Å². The van der Waals surface area contributed by atoms with Crippen molar-refractivity contribution in [1.82, 2.24) is 0 Å². The molecule has 0 spiro atoms. The van der Waals surface area contributed by atoms with Crippen molar-refractivity contribution in [3.05, 3.63) is 6.42 Å². The minimum atomic E-state index is -2.31. The van der Waals surface area contributed by atoms with Crippen LogP contribution in [0, 0.1) is 6.42 Å². The average molecular weight is 149 g/mol. The van der Waals surface area contributed by atoms with Gasteiger partial charge in [0.05, 0.1) is 4.75 Å². The van der Waals surface area contributed by atoms with Gasteiger partial charge in [-0.1, -0.05) is 13.3 Å². The van der Waals surface area contributed by atoms with Crippen LogP contribution >= 0.6 is 0 Å². The summed E-state index contributed by atoms with van der Waals surface area (Å²) >= 11 is 0. The molecule has 0 aromatic rings. The maximum Gasteiger partial charge on any atom is 0.145 e. The minimum absolute atomic E-state index is 0.621. The predicted octanol–water partition coefficient (Wildman–Crippen LogP) is 0.991. The molecule has 0 rings (SSSR count). The van der Waals surface area contributed by atoms with Gasteiger partial charge in [-0.25, -0.2) is 8.42 Å². The number of hydrogen-bond acceptors (Lipinski definition) is 2. The summed E-state index contributed by atoms with van der Waals surface area (Å²) in [5.41, 5.74) is 0. The molecule has 55 valence electrons. The molecule has 0 saturated heterocycles. The molecule has 0 aromatic heterocycles. The Hall–Kier alpha value is -0.0500. The van der Waals surface area contributed by atoms with Crippen LogP contribution in [0.5, 0.6) is 0 Å². The molecule has 2 nitrogen and oxygen atoms in total. The molecule has 0 heterocycles. The van der Waals surface area contributed by atoms with E-state index in [0.717, 1.165) is 6.42 Å². The molecule has 0 aliphatic rings. The second kappa shape index (κ2) is 3.20. The molecular formula is C6H13O2S. The first-order chi connectivity index (χ1) is 4.00. The first-order valence-electron chi connectivity index (χ1n) is 2.99. The van der Waals surface area contributed by atoms with Gasteiger partial charge in [0.25, 0.3) is 0 Å². The van der Waals surface area contributed by atoms with E-state index in [1.807, 2.05) is 6.92 Å². The van der Waals surface area contributed by atoms with Gasteiger partial charge >= 0.3 is 0 Å². The van der Waals surface area contributed by atoms with E-state index in [4.69, 9.17) is 0 Å². The summed E-state index contributed by atoms with van der Waals surface area (Å²) in [6, 6.07) is 0. The van der Waals surface area contributed by atoms with Gasteiger partial charge in [0.2, 0.25) is 0 Å². The largest absolute Gasteiger partial charge is 0.231 e. The molecule has 3 heteroatoms. The zero-order chi connectivity index (χ0) is 7.49. The Morgan fingerprint density at radius 1 is 1.44 bits per heavy atom. The van der Waals surface area contributed by atoms with Crippen LogP contribution in [0.25, 0.3) is 0 Å². The van der Waals surface area contributed by atoms with Gasteiger partial charge in [-0.05, 0) is 20.3 Å². The molecule has 0 aliphatic carbocycles. The van der Waals surface area contributed by atoms with Gasteiger partial charge in [0, 0.05) is 0 Å². The first kappa shape index (κ1) is 8.95. The number of rotatable bonds is 3. The third-order valence-electron chi connectivity index (χ3n) is 1.17. The van der Waals surface area contributed by atoms with E-state index < -0.39 is 15.5 Å². The molecule has 0 aromatic carbocycles. The van der Waals surface area contributed by atoms with E-state index in [0.29, 0.717) is 0 Å². The molecule has 0 N–H and O–H groups in total. The SMILES string of the molecule is CC[CH]C(C)(C)[SH](=O)=O. The van der Waals surface area contributed by atoms with Gasteiger partial charge < -0.3 is 0 Å². The standard InChI is InChI=1S/C6H13O2S/c1-4-5-6(2,3)9(7)8/h5,9H,4H2,1-3H3.